The molecule has 0 aromatic heterocycles. The highest BCUT2D eigenvalue weighted by molar-refractivity contribution is 8.13. The fourth-order valence-corrected chi connectivity index (χ4v) is 2.65. The largest absolute Gasteiger partial charge is 0.289 e. The van der Waals surface area contributed by atoms with Crippen molar-refractivity contribution in [3.8, 4) is 0 Å². The molecule has 9 heteroatoms. The molecule has 0 aliphatic carbocycles. The molecular formula is C6H2Cl3NO4S. The second kappa shape index (κ2) is 4.13. The van der Waals surface area contributed by atoms with E-state index in [-0.39, 0.29) is 10.0 Å². The van der Waals surface area contributed by atoms with Crippen molar-refractivity contribution in [2.45, 2.75) is 4.90 Å². The number of nitro benzene ring substituents is 1. The predicted molar refractivity (Wildman–Crippen MR) is 56.2 cm³/mol. The standard InChI is InChI=1S/C6H2Cl3NO4S/c7-3-1-4(8)6(15(9,13)14)2-5(3)10(11)12/h1-2H. The minimum atomic E-state index is -4.13. The first kappa shape index (κ1) is 12.5. The molecule has 0 spiro atoms. The lowest BCUT2D eigenvalue weighted by atomic mass is 10.3. The number of rotatable bonds is 2. The molecule has 0 aliphatic heterocycles. The van der Waals surface area contributed by atoms with Crippen LogP contribution in [0.1, 0.15) is 0 Å². The summed E-state index contributed by atoms with van der Waals surface area (Å²) in [7, 11) is 0.886. The van der Waals surface area contributed by atoms with Crippen molar-refractivity contribution >= 4 is 48.6 Å². The third-order valence-electron chi connectivity index (χ3n) is 1.46. The predicted octanol–water partition coefficient (Wildman–Crippen LogP) is 2.83. The van der Waals surface area contributed by atoms with Crippen molar-refractivity contribution in [3.05, 3.63) is 32.3 Å². The molecule has 1 rings (SSSR count). The summed E-state index contributed by atoms with van der Waals surface area (Å²) >= 11 is 11.0. The first-order valence-corrected chi connectivity index (χ1v) is 6.38. The topological polar surface area (TPSA) is 77.3 Å². The molecule has 0 bridgehead atoms. The van der Waals surface area contributed by atoms with Gasteiger partial charge in [-0.15, -0.1) is 0 Å². The van der Waals surface area contributed by atoms with Crippen LogP contribution in [0.15, 0.2) is 17.0 Å². The molecule has 15 heavy (non-hydrogen) atoms. The zero-order chi connectivity index (χ0) is 11.8. The van der Waals surface area contributed by atoms with E-state index in [1.54, 1.807) is 0 Å². The van der Waals surface area contributed by atoms with Gasteiger partial charge in [0.1, 0.15) is 9.92 Å². The molecule has 0 N–H and O–H groups in total. The van der Waals surface area contributed by atoms with Gasteiger partial charge in [-0.1, -0.05) is 23.2 Å². The van der Waals surface area contributed by atoms with Gasteiger partial charge in [-0.25, -0.2) is 8.42 Å². The van der Waals surface area contributed by atoms with Gasteiger partial charge in [-0.3, -0.25) is 10.1 Å². The molecule has 0 radical (unpaired) electrons. The van der Waals surface area contributed by atoms with Crippen LogP contribution >= 0.6 is 33.9 Å². The molecule has 0 aliphatic rings. The van der Waals surface area contributed by atoms with Gasteiger partial charge in [0.25, 0.3) is 14.7 Å². The SMILES string of the molecule is O=[N+]([O-])c1cc(S(=O)(=O)Cl)c(Cl)cc1Cl. The van der Waals surface area contributed by atoms with Gasteiger partial charge in [0.05, 0.1) is 9.95 Å². The third kappa shape index (κ3) is 2.72. The number of benzene rings is 1. The van der Waals surface area contributed by atoms with E-state index in [0.29, 0.717) is 6.07 Å². The van der Waals surface area contributed by atoms with Crippen LogP contribution in [0.5, 0.6) is 0 Å². The summed E-state index contributed by atoms with van der Waals surface area (Å²) in [4.78, 5) is 9.08. The van der Waals surface area contributed by atoms with Gasteiger partial charge in [0, 0.05) is 16.7 Å². The van der Waals surface area contributed by atoms with Gasteiger partial charge < -0.3 is 0 Å². The highest BCUT2D eigenvalue weighted by Gasteiger charge is 2.22. The summed E-state index contributed by atoms with van der Waals surface area (Å²) in [6, 6.07) is 1.67. The summed E-state index contributed by atoms with van der Waals surface area (Å²) in [5.41, 5.74) is -0.569. The Kier molecular flexibility index (Phi) is 3.44. The van der Waals surface area contributed by atoms with Crippen molar-refractivity contribution in [2.24, 2.45) is 0 Å². The summed E-state index contributed by atoms with van der Waals surface area (Å²) < 4.78 is 21.9. The fraction of sp³-hybridized carbons (Fsp3) is 0. The smallest absolute Gasteiger partial charge is 0.258 e. The fourth-order valence-electron chi connectivity index (χ4n) is 0.845. The molecule has 0 saturated heterocycles. The van der Waals surface area contributed by atoms with E-state index >= 15 is 0 Å². The van der Waals surface area contributed by atoms with Gasteiger partial charge in [0.15, 0.2) is 0 Å². The van der Waals surface area contributed by atoms with Crippen molar-refractivity contribution in [1.82, 2.24) is 0 Å². The maximum atomic E-state index is 11.0. The highest BCUT2D eigenvalue weighted by atomic mass is 35.7. The highest BCUT2D eigenvalue weighted by Crippen LogP contribution is 2.34. The quantitative estimate of drug-likeness (QED) is 0.477. The van der Waals surface area contributed by atoms with E-state index in [1.165, 1.54) is 0 Å². The molecule has 1 aromatic rings. The number of nitro groups is 1. The summed E-state index contributed by atoms with van der Waals surface area (Å²) in [6.45, 7) is 0. The van der Waals surface area contributed by atoms with E-state index < -0.39 is 24.6 Å². The van der Waals surface area contributed by atoms with E-state index in [2.05, 4.69) is 0 Å². The molecule has 0 heterocycles. The number of halogens is 3. The molecule has 0 fully saturated rings. The van der Waals surface area contributed by atoms with Crippen LogP contribution in [-0.4, -0.2) is 13.3 Å². The molecular weight excluding hydrogens is 288 g/mol. The summed E-state index contributed by atoms with van der Waals surface area (Å²) in [6.07, 6.45) is 0. The maximum Gasteiger partial charge on any atom is 0.289 e. The van der Waals surface area contributed by atoms with E-state index in [4.69, 9.17) is 33.9 Å². The Morgan fingerprint density at radius 2 is 1.73 bits per heavy atom. The summed E-state index contributed by atoms with van der Waals surface area (Å²) in [5.74, 6) is 0. The van der Waals surface area contributed by atoms with E-state index in [0.717, 1.165) is 6.07 Å². The Morgan fingerprint density at radius 1 is 1.20 bits per heavy atom. The van der Waals surface area contributed by atoms with Gasteiger partial charge in [-0.05, 0) is 6.07 Å². The average molecular weight is 291 g/mol. The Bertz CT molecular complexity index is 527. The first-order valence-electron chi connectivity index (χ1n) is 3.31. The lowest BCUT2D eigenvalue weighted by Crippen LogP contribution is -1.96. The maximum absolute atomic E-state index is 11.0. The van der Waals surface area contributed by atoms with Gasteiger partial charge in [0.2, 0.25) is 0 Å². The second-order valence-electron chi connectivity index (χ2n) is 2.43. The van der Waals surface area contributed by atoms with Gasteiger partial charge >= 0.3 is 0 Å². The lowest BCUT2D eigenvalue weighted by Gasteiger charge is -2.01. The zero-order valence-electron chi connectivity index (χ0n) is 6.78. The van der Waals surface area contributed by atoms with Crippen LogP contribution in [0.4, 0.5) is 5.69 Å². The summed E-state index contributed by atoms with van der Waals surface area (Å²) in [5, 5.41) is 9.93. The van der Waals surface area contributed by atoms with Crippen LogP contribution in [0, 0.1) is 10.1 Å². The molecule has 0 saturated carbocycles. The lowest BCUT2D eigenvalue weighted by molar-refractivity contribution is -0.384. The Morgan fingerprint density at radius 3 is 2.13 bits per heavy atom. The first-order chi connectivity index (χ1) is 6.73. The Balaban J connectivity index is 3.58. The number of nitrogens with zero attached hydrogens (tertiary/aromatic N) is 1. The van der Waals surface area contributed by atoms with Crippen LogP contribution in [0.2, 0.25) is 10.0 Å². The van der Waals surface area contributed by atoms with Crippen LogP contribution in [0.3, 0.4) is 0 Å². The van der Waals surface area contributed by atoms with Crippen molar-refractivity contribution in [1.29, 1.82) is 0 Å². The van der Waals surface area contributed by atoms with Crippen molar-refractivity contribution < 1.29 is 13.3 Å². The minimum absolute atomic E-state index is 0.255. The Labute approximate surface area is 99.1 Å². The molecule has 1 aromatic carbocycles. The molecule has 0 unspecified atom stereocenters. The van der Waals surface area contributed by atoms with Crippen molar-refractivity contribution in [2.75, 3.05) is 0 Å². The zero-order valence-corrected chi connectivity index (χ0v) is 9.86. The molecule has 0 amide bonds. The second-order valence-corrected chi connectivity index (χ2v) is 5.78. The van der Waals surface area contributed by atoms with Crippen molar-refractivity contribution in [3.63, 3.8) is 0 Å². The average Bonchev–Trinajstić information content (AvgIpc) is 2.00. The molecule has 0 atom stereocenters. The normalized spacial score (nSPS) is 11.4. The van der Waals surface area contributed by atoms with Crippen LogP contribution in [-0.2, 0) is 9.05 Å². The van der Waals surface area contributed by atoms with Gasteiger partial charge in [-0.2, -0.15) is 0 Å². The van der Waals surface area contributed by atoms with E-state index in [9.17, 15) is 18.5 Å². The van der Waals surface area contributed by atoms with Crippen LogP contribution < -0.4 is 0 Å². The Hall–Kier alpha value is -0.560. The van der Waals surface area contributed by atoms with Crippen LogP contribution in [0.25, 0.3) is 0 Å². The molecule has 82 valence electrons. The number of hydrogen-bond donors (Lipinski definition) is 0. The molecule has 5 nitrogen and oxygen atoms in total. The monoisotopic (exact) mass is 289 g/mol. The number of hydrogen-bond acceptors (Lipinski definition) is 4. The third-order valence-corrected chi connectivity index (χ3v) is 3.55. The van der Waals surface area contributed by atoms with E-state index in [1.807, 2.05) is 0 Å². The minimum Gasteiger partial charge on any atom is -0.258 e.